The van der Waals surface area contributed by atoms with Crippen molar-refractivity contribution in [3.05, 3.63) is 53.5 Å². The van der Waals surface area contributed by atoms with E-state index in [1.165, 1.54) is 0 Å². The monoisotopic (exact) mass is 389 g/mol. The number of hydrogen-bond acceptors (Lipinski definition) is 5. The first-order valence-electron chi connectivity index (χ1n) is 8.96. The van der Waals surface area contributed by atoms with Crippen LogP contribution in [0.3, 0.4) is 0 Å². The molecule has 6 nitrogen and oxygen atoms in total. The van der Waals surface area contributed by atoms with Gasteiger partial charge in [0.1, 0.15) is 11.5 Å². The fourth-order valence-corrected chi connectivity index (χ4v) is 3.14. The molecule has 0 unspecified atom stereocenters. The van der Waals surface area contributed by atoms with Crippen LogP contribution in [0.1, 0.15) is 35.2 Å². The number of furan rings is 1. The maximum absolute atomic E-state index is 12.2. The zero-order chi connectivity index (χ0) is 19.6. The molecule has 0 saturated heterocycles. The summed E-state index contributed by atoms with van der Waals surface area (Å²) in [4.78, 5) is 25.8. The van der Waals surface area contributed by atoms with Crippen LogP contribution in [0, 0.1) is 0 Å². The number of nitrogens with zero attached hydrogens (tertiary/aromatic N) is 1. The highest BCUT2D eigenvalue weighted by Crippen LogP contribution is 2.16. The van der Waals surface area contributed by atoms with Gasteiger partial charge < -0.3 is 20.0 Å². The van der Waals surface area contributed by atoms with Crippen LogP contribution in [0.4, 0.5) is 5.69 Å². The van der Waals surface area contributed by atoms with E-state index in [-0.39, 0.29) is 11.8 Å². The van der Waals surface area contributed by atoms with Crippen LogP contribution in [0.2, 0.25) is 0 Å². The van der Waals surface area contributed by atoms with E-state index in [0.29, 0.717) is 24.2 Å². The van der Waals surface area contributed by atoms with Crippen molar-refractivity contribution in [2.75, 3.05) is 31.7 Å². The average molecular weight is 390 g/mol. The fraction of sp³-hybridized carbons (Fsp3) is 0.400. The molecule has 0 spiro atoms. The van der Waals surface area contributed by atoms with Gasteiger partial charge in [0, 0.05) is 30.0 Å². The summed E-state index contributed by atoms with van der Waals surface area (Å²) in [5.41, 5.74) is 1.17. The number of amides is 2. The molecule has 0 fully saturated rings. The Balaban J connectivity index is 1.71. The highest BCUT2D eigenvalue weighted by atomic mass is 32.2. The van der Waals surface area contributed by atoms with Gasteiger partial charge in [-0.3, -0.25) is 9.59 Å². The third kappa shape index (κ3) is 7.48. The zero-order valence-corrected chi connectivity index (χ0v) is 16.9. The van der Waals surface area contributed by atoms with Crippen molar-refractivity contribution in [2.45, 2.75) is 25.6 Å². The molecule has 7 heteroatoms. The van der Waals surface area contributed by atoms with E-state index in [2.05, 4.69) is 15.5 Å². The second-order valence-electron chi connectivity index (χ2n) is 6.40. The summed E-state index contributed by atoms with van der Waals surface area (Å²) in [5, 5.41) is 5.66. The van der Waals surface area contributed by atoms with Crippen LogP contribution in [-0.2, 0) is 17.1 Å². The SMILES string of the molecule is CCC(=O)Nc1cccc(C(=O)NCCSCc2ccc(CN(C)C)o2)c1. The first-order chi connectivity index (χ1) is 13.0. The number of rotatable bonds is 10. The molecule has 0 aliphatic rings. The van der Waals surface area contributed by atoms with Gasteiger partial charge in [-0.15, -0.1) is 0 Å². The van der Waals surface area contributed by atoms with Gasteiger partial charge in [-0.2, -0.15) is 11.8 Å². The molecule has 0 bridgehead atoms. The highest BCUT2D eigenvalue weighted by molar-refractivity contribution is 7.98. The molecule has 146 valence electrons. The van der Waals surface area contributed by atoms with Crippen LogP contribution in [-0.4, -0.2) is 43.1 Å². The summed E-state index contributed by atoms with van der Waals surface area (Å²) >= 11 is 1.71. The number of nitrogens with one attached hydrogen (secondary N) is 2. The van der Waals surface area contributed by atoms with Gasteiger partial charge in [-0.05, 0) is 44.4 Å². The summed E-state index contributed by atoms with van der Waals surface area (Å²) in [6.45, 7) is 3.15. The van der Waals surface area contributed by atoms with Gasteiger partial charge in [-0.1, -0.05) is 13.0 Å². The third-order valence-electron chi connectivity index (χ3n) is 3.70. The maximum atomic E-state index is 12.2. The molecule has 0 saturated carbocycles. The molecule has 2 aromatic rings. The number of benzene rings is 1. The summed E-state index contributed by atoms with van der Waals surface area (Å²) < 4.78 is 5.76. The van der Waals surface area contributed by atoms with Crippen molar-refractivity contribution < 1.29 is 14.0 Å². The standard InChI is InChI=1S/C20H27N3O3S/c1-4-19(24)22-16-7-5-6-15(12-16)20(25)21-10-11-27-14-18-9-8-17(26-18)13-23(2)3/h5-9,12H,4,10-11,13-14H2,1-3H3,(H,21,25)(H,22,24). The van der Waals surface area contributed by atoms with Gasteiger partial charge in [0.15, 0.2) is 0 Å². The van der Waals surface area contributed by atoms with Gasteiger partial charge in [0.05, 0.1) is 12.3 Å². The topological polar surface area (TPSA) is 74.6 Å². The first kappa shape index (κ1) is 21.1. The van der Waals surface area contributed by atoms with E-state index in [1.54, 1.807) is 43.0 Å². The lowest BCUT2D eigenvalue weighted by molar-refractivity contribution is -0.115. The minimum atomic E-state index is -0.144. The number of carbonyl (C=O) groups is 2. The van der Waals surface area contributed by atoms with Crippen LogP contribution in [0.15, 0.2) is 40.8 Å². The first-order valence-corrected chi connectivity index (χ1v) is 10.1. The van der Waals surface area contributed by atoms with Crippen molar-refractivity contribution >= 4 is 29.3 Å². The number of anilines is 1. The molecular formula is C20H27N3O3S. The maximum Gasteiger partial charge on any atom is 0.251 e. The molecule has 27 heavy (non-hydrogen) atoms. The Morgan fingerprint density at radius 2 is 1.93 bits per heavy atom. The minimum Gasteiger partial charge on any atom is -0.464 e. The molecule has 0 atom stereocenters. The van der Waals surface area contributed by atoms with Gasteiger partial charge in [-0.25, -0.2) is 0 Å². The molecule has 2 rings (SSSR count). The van der Waals surface area contributed by atoms with Crippen LogP contribution in [0.5, 0.6) is 0 Å². The smallest absolute Gasteiger partial charge is 0.251 e. The Hall–Kier alpha value is -2.25. The van der Waals surface area contributed by atoms with E-state index in [4.69, 9.17) is 4.42 Å². The molecule has 1 aromatic heterocycles. The summed E-state index contributed by atoms with van der Waals surface area (Å²) in [6.07, 6.45) is 0.403. The zero-order valence-electron chi connectivity index (χ0n) is 16.1. The van der Waals surface area contributed by atoms with Gasteiger partial charge in [0.25, 0.3) is 5.91 Å². The van der Waals surface area contributed by atoms with Crippen molar-refractivity contribution in [2.24, 2.45) is 0 Å². The van der Waals surface area contributed by atoms with Crippen LogP contribution in [0.25, 0.3) is 0 Å². The predicted octanol–water partition coefficient (Wildman–Crippen LogP) is 3.35. The minimum absolute atomic E-state index is 0.0735. The summed E-state index contributed by atoms with van der Waals surface area (Å²) in [6, 6.07) is 11.0. The van der Waals surface area contributed by atoms with Crippen molar-refractivity contribution in [3.63, 3.8) is 0 Å². The Kier molecular flexibility index (Phi) is 8.42. The Morgan fingerprint density at radius 3 is 2.67 bits per heavy atom. The average Bonchev–Trinajstić information content (AvgIpc) is 3.07. The molecular weight excluding hydrogens is 362 g/mol. The predicted molar refractivity (Wildman–Crippen MR) is 110 cm³/mol. The van der Waals surface area contributed by atoms with E-state index in [0.717, 1.165) is 29.6 Å². The lowest BCUT2D eigenvalue weighted by Gasteiger charge is -2.08. The quantitative estimate of drug-likeness (QED) is 0.610. The fourth-order valence-electron chi connectivity index (χ4n) is 2.40. The van der Waals surface area contributed by atoms with Crippen LogP contribution < -0.4 is 10.6 Å². The second kappa shape index (κ2) is 10.8. The molecule has 2 amide bonds. The second-order valence-corrected chi connectivity index (χ2v) is 7.50. The lowest BCUT2D eigenvalue weighted by atomic mass is 10.2. The van der Waals surface area contributed by atoms with Crippen molar-refractivity contribution in [1.29, 1.82) is 0 Å². The molecule has 1 aromatic carbocycles. The van der Waals surface area contributed by atoms with Crippen molar-refractivity contribution in [1.82, 2.24) is 10.2 Å². The lowest BCUT2D eigenvalue weighted by Crippen LogP contribution is -2.25. The largest absolute Gasteiger partial charge is 0.464 e. The number of hydrogen-bond donors (Lipinski definition) is 2. The summed E-state index contributed by atoms with van der Waals surface area (Å²) in [7, 11) is 4.01. The summed E-state index contributed by atoms with van der Waals surface area (Å²) in [5.74, 6) is 3.26. The van der Waals surface area contributed by atoms with Crippen LogP contribution >= 0.6 is 11.8 Å². The van der Waals surface area contributed by atoms with E-state index in [9.17, 15) is 9.59 Å². The molecule has 0 aliphatic heterocycles. The highest BCUT2D eigenvalue weighted by Gasteiger charge is 2.07. The molecule has 2 N–H and O–H groups in total. The molecule has 0 aliphatic carbocycles. The van der Waals surface area contributed by atoms with E-state index < -0.39 is 0 Å². The Labute approximate surface area is 164 Å². The third-order valence-corrected chi connectivity index (χ3v) is 4.68. The van der Waals surface area contributed by atoms with Gasteiger partial charge in [0.2, 0.25) is 5.91 Å². The van der Waals surface area contributed by atoms with Gasteiger partial charge >= 0.3 is 0 Å². The normalized spacial score (nSPS) is 10.8. The van der Waals surface area contributed by atoms with Crippen molar-refractivity contribution in [3.8, 4) is 0 Å². The number of carbonyl (C=O) groups excluding carboxylic acids is 2. The molecule has 1 heterocycles. The Bertz CT molecular complexity index is 758. The Morgan fingerprint density at radius 1 is 1.15 bits per heavy atom. The number of thioether (sulfide) groups is 1. The molecule has 0 radical (unpaired) electrons. The van der Waals surface area contributed by atoms with E-state index >= 15 is 0 Å². The van der Waals surface area contributed by atoms with E-state index in [1.807, 2.05) is 26.2 Å².